The van der Waals surface area contributed by atoms with Crippen molar-refractivity contribution in [2.75, 3.05) is 39.9 Å². The van der Waals surface area contributed by atoms with Crippen molar-refractivity contribution in [3.8, 4) is 0 Å². The molecule has 122 valence electrons. The summed E-state index contributed by atoms with van der Waals surface area (Å²) in [4.78, 5) is 16.8. The van der Waals surface area contributed by atoms with Crippen LogP contribution in [0.2, 0.25) is 0 Å². The average molecular weight is 307 g/mol. The number of aromatic nitrogens is 3. The van der Waals surface area contributed by atoms with E-state index in [0.717, 1.165) is 64.2 Å². The third-order valence-corrected chi connectivity index (χ3v) is 4.97. The molecule has 1 spiro atoms. The van der Waals surface area contributed by atoms with Crippen LogP contribution in [0.3, 0.4) is 0 Å². The van der Waals surface area contributed by atoms with E-state index < -0.39 is 0 Å². The smallest absolute Gasteiger partial charge is 0.222 e. The molecule has 0 aliphatic carbocycles. The normalized spacial score (nSPS) is 26.0. The maximum Gasteiger partial charge on any atom is 0.222 e. The van der Waals surface area contributed by atoms with Crippen LogP contribution >= 0.6 is 0 Å². The predicted octanol–water partition coefficient (Wildman–Crippen LogP) is 0.451. The van der Waals surface area contributed by atoms with Gasteiger partial charge in [0.2, 0.25) is 5.91 Å². The first-order valence-corrected chi connectivity index (χ1v) is 8.11. The minimum Gasteiger partial charge on any atom is -0.379 e. The van der Waals surface area contributed by atoms with Gasteiger partial charge in [-0.05, 0) is 32.7 Å². The van der Waals surface area contributed by atoms with E-state index in [0.29, 0.717) is 6.42 Å². The zero-order valence-corrected chi connectivity index (χ0v) is 13.3. The Hall–Kier alpha value is -1.47. The fourth-order valence-electron chi connectivity index (χ4n) is 3.38. The number of likely N-dealkylation sites (N-methyl/N-ethyl adjacent to an activating group) is 1. The van der Waals surface area contributed by atoms with Gasteiger partial charge in [-0.3, -0.25) is 9.69 Å². The second kappa shape index (κ2) is 6.75. The van der Waals surface area contributed by atoms with Gasteiger partial charge in [0.15, 0.2) is 0 Å². The third kappa shape index (κ3) is 3.30. The number of aryl methyl sites for hydroxylation is 1. The Morgan fingerprint density at radius 3 is 3.09 bits per heavy atom. The Kier molecular flexibility index (Phi) is 4.73. The van der Waals surface area contributed by atoms with Crippen molar-refractivity contribution < 1.29 is 9.53 Å². The van der Waals surface area contributed by atoms with E-state index in [1.165, 1.54) is 0 Å². The first-order valence-electron chi connectivity index (χ1n) is 8.11. The molecule has 0 radical (unpaired) electrons. The summed E-state index contributed by atoms with van der Waals surface area (Å²) in [6.07, 6.45) is 6.15. The molecule has 0 bridgehead atoms. The number of nitrogens with one attached hydrogen (secondary N) is 1. The van der Waals surface area contributed by atoms with E-state index >= 15 is 0 Å². The van der Waals surface area contributed by atoms with Crippen LogP contribution in [0.5, 0.6) is 0 Å². The summed E-state index contributed by atoms with van der Waals surface area (Å²) in [7, 11) is 2.15. The van der Waals surface area contributed by atoms with Crippen molar-refractivity contribution in [3.05, 3.63) is 11.9 Å². The highest BCUT2D eigenvalue weighted by Crippen LogP contribution is 2.29. The molecule has 2 fully saturated rings. The van der Waals surface area contributed by atoms with Crippen molar-refractivity contribution in [2.45, 2.75) is 37.6 Å². The number of hydrogen-bond donors (Lipinski definition) is 1. The van der Waals surface area contributed by atoms with E-state index in [4.69, 9.17) is 4.74 Å². The molecule has 1 unspecified atom stereocenters. The van der Waals surface area contributed by atoms with Crippen LogP contribution in [-0.4, -0.2) is 76.6 Å². The number of aromatic amines is 1. The van der Waals surface area contributed by atoms with E-state index in [1.54, 1.807) is 6.20 Å². The highest BCUT2D eigenvalue weighted by Gasteiger charge is 2.43. The molecule has 0 saturated carbocycles. The first kappa shape index (κ1) is 15.4. The molecule has 0 aromatic carbocycles. The van der Waals surface area contributed by atoms with Crippen LogP contribution < -0.4 is 0 Å². The SMILES string of the molecule is CN1CCN(C(=O)CCCCc2cn[nH]n2)CC12CCOC2. The zero-order valence-electron chi connectivity index (χ0n) is 13.3. The van der Waals surface area contributed by atoms with Gasteiger partial charge in [0.25, 0.3) is 0 Å². The molecule has 1 N–H and O–H groups in total. The van der Waals surface area contributed by atoms with Gasteiger partial charge in [0.05, 0.1) is 24.0 Å². The van der Waals surface area contributed by atoms with E-state index in [9.17, 15) is 4.79 Å². The Bertz CT molecular complexity index is 484. The van der Waals surface area contributed by atoms with Gasteiger partial charge in [-0.1, -0.05) is 0 Å². The fraction of sp³-hybridized carbons (Fsp3) is 0.800. The molecule has 2 aliphatic rings. The molecule has 3 heterocycles. The number of carbonyl (C=O) groups excluding carboxylic acids is 1. The maximum absolute atomic E-state index is 12.4. The number of H-pyrrole nitrogens is 1. The molecule has 2 aliphatic heterocycles. The predicted molar refractivity (Wildman–Crippen MR) is 81.3 cm³/mol. The molecule has 2 saturated heterocycles. The van der Waals surface area contributed by atoms with Crippen LogP contribution in [0.25, 0.3) is 0 Å². The van der Waals surface area contributed by atoms with Crippen LogP contribution in [0.15, 0.2) is 6.20 Å². The molecule has 3 rings (SSSR count). The number of carbonyl (C=O) groups is 1. The van der Waals surface area contributed by atoms with E-state index in [1.807, 2.05) is 4.90 Å². The molecule has 1 aromatic rings. The fourth-order valence-corrected chi connectivity index (χ4v) is 3.38. The minimum absolute atomic E-state index is 0.0502. The van der Waals surface area contributed by atoms with Crippen LogP contribution in [0, 0.1) is 0 Å². The number of rotatable bonds is 5. The Balaban J connectivity index is 1.44. The van der Waals surface area contributed by atoms with Gasteiger partial charge in [0.1, 0.15) is 0 Å². The summed E-state index contributed by atoms with van der Waals surface area (Å²) in [6, 6.07) is 0. The monoisotopic (exact) mass is 307 g/mol. The van der Waals surface area contributed by atoms with Crippen molar-refractivity contribution in [3.63, 3.8) is 0 Å². The number of unbranched alkanes of at least 4 members (excludes halogenated alkanes) is 1. The van der Waals surface area contributed by atoms with Gasteiger partial charge < -0.3 is 9.64 Å². The number of piperazine rings is 1. The number of amides is 1. The number of hydrogen-bond acceptors (Lipinski definition) is 5. The van der Waals surface area contributed by atoms with Crippen molar-refractivity contribution in [1.82, 2.24) is 25.2 Å². The standard InChI is InChI=1S/C15H25N5O2/c1-19-7-8-20(11-15(19)6-9-22-12-15)14(21)5-3-2-4-13-10-16-18-17-13/h10H,2-9,11-12H2,1H3,(H,16,17,18). The molecule has 1 aromatic heterocycles. The quantitative estimate of drug-likeness (QED) is 0.800. The summed E-state index contributed by atoms with van der Waals surface area (Å²) in [6.45, 7) is 4.14. The van der Waals surface area contributed by atoms with E-state index in [2.05, 4.69) is 27.4 Å². The topological polar surface area (TPSA) is 74.4 Å². The summed E-state index contributed by atoms with van der Waals surface area (Å²) in [5.41, 5.74) is 1.02. The van der Waals surface area contributed by atoms with Crippen LogP contribution in [0.4, 0.5) is 0 Å². The average Bonchev–Trinajstić information content (AvgIpc) is 3.19. The Labute approximate surface area is 131 Å². The van der Waals surface area contributed by atoms with Gasteiger partial charge in [-0.25, -0.2) is 0 Å². The molecule has 7 heteroatoms. The minimum atomic E-state index is 0.0502. The maximum atomic E-state index is 12.4. The Morgan fingerprint density at radius 2 is 2.36 bits per heavy atom. The molecule has 7 nitrogen and oxygen atoms in total. The lowest BCUT2D eigenvalue weighted by Gasteiger charge is -2.46. The van der Waals surface area contributed by atoms with E-state index in [-0.39, 0.29) is 11.4 Å². The molecular formula is C15H25N5O2. The van der Waals surface area contributed by atoms with Crippen molar-refractivity contribution in [2.24, 2.45) is 0 Å². The lowest BCUT2D eigenvalue weighted by molar-refractivity contribution is -0.136. The van der Waals surface area contributed by atoms with Gasteiger partial charge in [-0.15, -0.1) is 0 Å². The summed E-state index contributed by atoms with van der Waals surface area (Å²) >= 11 is 0. The van der Waals surface area contributed by atoms with Crippen molar-refractivity contribution in [1.29, 1.82) is 0 Å². The zero-order chi connectivity index (χ0) is 15.4. The third-order valence-electron chi connectivity index (χ3n) is 4.97. The lowest BCUT2D eigenvalue weighted by atomic mass is 9.93. The lowest BCUT2D eigenvalue weighted by Crippen LogP contribution is -2.62. The largest absolute Gasteiger partial charge is 0.379 e. The van der Waals surface area contributed by atoms with Gasteiger partial charge in [0, 0.05) is 32.7 Å². The second-order valence-corrected chi connectivity index (χ2v) is 6.43. The Morgan fingerprint density at radius 1 is 1.45 bits per heavy atom. The highest BCUT2D eigenvalue weighted by atomic mass is 16.5. The van der Waals surface area contributed by atoms with Gasteiger partial charge >= 0.3 is 0 Å². The first-order chi connectivity index (χ1) is 10.7. The second-order valence-electron chi connectivity index (χ2n) is 6.43. The van der Waals surface area contributed by atoms with Gasteiger partial charge in [-0.2, -0.15) is 15.4 Å². The highest BCUT2D eigenvalue weighted by molar-refractivity contribution is 5.76. The molecule has 22 heavy (non-hydrogen) atoms. The van der Waals surface area contributed by atoms with Crippen LogP contribution in [-0.2, 0) is 16.0 Å². The molecular weight excluding hydrogens is 282 g/mol. The summed E-state index contributed by atoms with van der Waals surface area (Å²) < 4.78 is 5.58. The molecule has 1 amide bonds. The molecule has 1 atom stereocenters. The summed E-state index contributed by atoms with van der Waals surface area (Å²) in [5.74, 6) is 0.277. The summed E-state index contributed by atoms with van der Waals surface area (Å²) in [5, 5.41) is 10.4. The van der Waals surface area contributed by atoms with Crippen LogP contribution in [0.1, 0.15) is 31.4 Å². The van der Waals surface area contributed by atoms with Crippen molar-refractivity contribution >= 4 is 5.91 Å². The number of ether oxygens (including phenoxy) is 1. The number of nitrogens with zero attached hydrogens (tertiary/aromatic N) is 4.